The molecule has 3 aromatic rings. The SMILES string of the molecule is Cc1cc(C2C3=CCC4C(=O)N(c5ccc(C(=O)O)c(O)c5)C(=O)C4C3CC3C(=O)N(c4ccc(C(=O)O)c(O)c4)C(=O)C32)ccc1O. The van der Waals surface area contributed by atoms with Crippen LogP contribution in [0.2, 0.25) is 0 Å². The van der Waals surface area contributed by atoms with Crippen LogP contribution in [0.3, 0.4) is 0 Å². The number of aryl methyl sites for hydroxylation is 1. The first-order valence-electron chi connectivity index (χ1n) is 15.2. The van der Waals surface area contributed by atoms with Crippen molar-refractivity contribution in [1.29, 1.82) is 0 Å². The highest BCUT2D eigenvalue weighted by atomic mass is 16.4. The third-order valence-corrected chi connectivity index (χ3v) is 10.2. The average Bonchev–Trinajstić information content (AvgIpc) is 3.44. The lowest BCUT2D eigenvalue weighted by atomic mass is 9.57. The molecule has 7 rings (SSSR count). The minimum absolute atomic E-state index is 0.00533. The molecule has 2 aliphatic carbocycles. The Morgan fingerprint density at radius 3 is 1.71 bits per heavy atom. The van der Waals surface area contributed by atoms with Crippen molar-refractivity contribution >= 4 is 46.9 Å². The van der Waals surface area contributed by atoms with Gasteiger partial charge in [-0.05, 0) is 67.1 Å². The molecule has 48 heavy (non-hydrogen) atoms. The van der Waals surface area contributed by atoms with E-state index in [9.17, 15) is 54.3 Å². The van der Waals surface area contributed by atoms with E-state index in [4.69, 9.17) is 0 Å². The number of benzene rings is 3. The number of carboxylic acids is 2. The summed E-state index contributed by atoms with van der Waals surface area (Å²) in [6.07, 6.45) is 2.03. The lowest BCUT2D eigenvalue weighted by molar-refractivity contribution is -0.126. The van der Waals surface area contributed by atoms with E-state index in [2.05, 4.69) is 0 Å². The van der Waals surface area contributed by atoms with E-state index in [1.807, 2.05) is 6.08 Å². The zero-order valence-corrected chi connectivity index (χ0v) is 25.2. The Bertz CT molecular complexity index is 2030. The van der Waals surface area contributed by atoms with E-state index in [-0.39, 0.29) is 30.0 Å². The molecule has 3 fully saturated rings. The summed E-state index contributed by atoms with van der Waals surface area (Å²) in [7, 11) is 0. The Morgan fingerprint density at radius 1 is 0.646 bits per heavy atom. The Balaban J connectivity index is 1.31. The number of fused-ring (bicyclic) bond motifs is 4. The van der Waals surface area contributed by atoms with Crippen molar-refractivity contribution in [3.63, 3.8) is 0 Å². The van der Waals surface area contributed by atoms with E-state index in [1.165, 1.54) is 18.2 Å². The monoisotopic (exact) mass is 652 g/mol. The second kappa shape index (κ2) is 10.8. The smallest absolute Gasteiger partial charge is 0.339 e. The van der Waals surface area contributed by atoms with Gasteiger partial charge in [-0.1, -0.05) is 23.8 Å². The molecule has 4 aliphatic rings. The van der Waals surface area contributed by atoms with E-state index in [1.54, 1.807) is 19.1 Å². The largest absolute Gasteiger partial charge is 0.508 e. The number of rotatable bonds is 5. The summed E-state index contributed by atoms with van der Waals surface area (Å²) in [4.78, 5) is 81.0. The quantitative estimate of drug-likeness (QED) is 0.199. The molecule has 13 heteroatoms. The van der Waals surface area contributed by atoms with Crippen molar-refractivity contribution in [2.45, 2.75) is 25.7 Å². The fourth-order valence-corrected chi connectivity index (χ4v) is 8.02. The van der Waals surface area contributed by atoms with Crippen molar-refractivity contribution in [2.75, 3.05) is 9.80 Å². The summed E-state index contributed by atoms with van der Waals surface area (Å²) in [5, 5.41) is 49.6. The molecule has 4 amide bonds. The Morgan fingerprint density at radius 2 is 1.19 bits per heavy atom. The number of hydrogen-bond acceptors (Lipinski definition) is 9. The zero-order valence-electron chi connectivity index (χ0n) is 25.2. The number of carbonyl (C=O) groups is 6. The number of aromatic hydroxyl groups is 3. The number of carbonyl (C=O) groups excluding carboxylic acids is 4. The third-order valence-electron chi connectivity index (χ3n) is 10.2. The molecule has 0 spiro atoms. The molecule has 5 N–H and O–H groups in total. The van der Waals surface area contributed by atoms with Gasteiger partial charge in [-0.25, -0.2) is 19.4 Å². The van der Waals surface area contributed by atoms with Crippen molar-refractivity contribution in [3.05, 3.63) is 88.5 Å². The third kappa shape index (κ3) is 4.37. The summed E-state index contributed by atoms with van der Waals surface area (Å²) in [5.74, 6) is -11.3. The highest BCUT2D eigenvalue weighted by molar-refractivity contribution is 6.24. The number of nitrogens with zero attached hydrogens (tertiary/aromatic N) is 2. The van der Waals surface area contributed by atoms with Crippen LogP contribution >= 0.6 is 0 Å². The summed E-state index contributed by atoms with van der Waals surface area (Å²) in [6, 6.07) is 11.7. The van der Waals surface area contributed by atoms with Gasteiger partial charge in [0.05, 0.1) is 35.0 Å². The molecule has 2 saturated heterocycles. The molecule has 244 valence electrons. The molecule has 0 radical (unpaired) electrons. The second-order valence-corrected chi connectivity index (χ2v) is 12.6. The molecular formula is C35H28N2O11. The number of carboxylic acid groups (broad SMARTS) is 2. The second-order valence-electron chi connectivity index (χ2n) is 12.6. The average molecular weight is 653 g/mol. The van der Waals surface area contributed by atoms with Gasteiger partial charge in [0.25, 0.3) is 0 Å². The Kier molecular flexibility index (Phi) is 6.89. The first kappa shape index (κ1) is 30.7. The van der Waals surface area contributed by atoms with Gasteiger partial charge in [-0.2, -0.15) is 0 Å². The van der Waals surface area contributed by atoms with Gasteiger partial charge in [-0.3, -0.25) is 19.2 Å². The van der Waals surface area contributed by atoms with Gasteiger partial charge in [0.1, 0.15) is 28.4 Å². The maximum Gasteiger partial charge on any atom is 0.339 e. The van der Waals surface area contributed by atoms with E-state index in [0.717, 1.165) is 34.1 Å². The van der Waals surface area contributed by atoms with Crippen molar-refractivity contribution in [2.24, 2.45) is 29.6 Å². The maximum atomic E-state index is 14.2. The molecule has 1 saturated carbocycles. The summed E-state index contributed by atoms with van der Waals surface area (Å²) < 4.78 is 0. The Hall–Kier alpha value is -5.98. The molecule has 0 bridgehead atoms. The zero-order chi connectivity index (χ0) is 34.3. The molecule has 6 atom stereocenters. The predicted octanol–water partition coefficient (Wildman–Crippen LogP) is 3.55. The number of phenolic OH excluding ortho intramolecular Hbond substituents is 1. The number of imide groups is 2. The molecule has 13 nitrogen and oxygen atoms in total. The van der Waals surface area contributed by atoms with Crippen LogP contribution in [0.25, 0.3) is 0 Å². The van der Waals surface area contributed by atoms with Gasteiger partial charge in [0, 0.05) is 18.1 Å². The fourth-order valence-electron chi connectivity index (χ4n) is 8.02. The molecule has 2 aliphatic heterocycles. The first-order chi connectivity index (χ1) is 22.8. The van der Waals surface area contributed by atoms with E-state index in [0.29, 0.717) is 16.7 Å². The van der Waals surface area contributed by atoms with Crippen LogP contribution in [0.5, 0.6) is 17.2 Å². The maximum absolute atomic E-state index is 14.2. The number of hydrogen-bond donors (Lipinski definition) is 5. The van der Waals surface area contributed by atoms with Gasteiger partial charge in [0.15, 0.2) is 0 Å². The molecule has 0 aromatic heterocycles. The van der Waals surface area contributed by atoms with Crippen molar-refractivity contribution < 1.29 is 54.3 Å². The number of amides is 4. The van der Waals surface area contributed by atoms with Crippen LogP contribution in [0.1, 0.15) is 50.6 Å². The lowest BCUT2D eigenvalue weighted by Crippen LogP contribution is -2.43. The van der Waals surface area contributed by atoms with Gasteiger partial charge in [0.2, 0.25) is 23.6 Å². The normalized spacial score (nSPS) is 26.2. The van der Waals surface area contributed by atoms with Gasteiger partial charge in [-0.15, -0.1) is 0 Å². The van der Waals surface area contributed by atoms with Crippen molar-refractivity contribution in [3.8, 4) is 17.2 Å². The molecular weight excluding hydrogens is 624 g/mol. The van der Waals surface area contributed by atoms with Gasteiger partial charge < -0.3 is 25.5 Å². The number of allylic oxidation sites excluding steroid dienone is 2. The van der Waals surface area contributed by atoms with E-state index >= 15 is 0 Å². The van der Waals surface area contributed by atoms with Crippen LogP contribution in [0, 0.1) is 36.5 Å². The predicted molar refractivity (Wildman–Crippen MR) is 165 cm³/mol. The molecule has 3 aromatic carbocycles. The summed E-state index contributed by atoms with van der Waals surface area (Å²) in [6.45, 7) is 1.69. The van der Waals surface area contributed by atoms with Crippen LogP contribution in [0.15, 0.2) is 66.2 Å². The molecule has 6 unspecified atom stereocenters. The number of aromatic carboxylic acids is 2. The van der Waals surface area contributed by atoms with Gasteiger partial charge >= 0.3 is 11.9 Å². The topological polar surface area (TPSA) is 210 Å². The summed E-state index contributed by atoms with van der Waals surface area (Å²) in [5.41, 5.74) is 1.02. The van der Waals surface area contributed by atoms with Crippen molar-refractivity contribution in [1.82, 2.24) is 0 Å². The number of anilines is 2. The van der Waals surface area contributed by atoms with Crippen LogP contribution < -0.4 is 9.80 Å². The lowest BCUT2D eigenvalue weighted by Gasteiger charge is -2.44. The summed E-state index contributed by atoms with van der Waals surface area (Å²) >= 11 is 0. The minimum atomic E-state index is -1.39. The van der Waals surface area contributed by atoms with Crippen LogP contribution in [0.4, 0.5) is 11.4 Å². The van der Waals surface area contributed by atoms with Crippen LogP contribution in [-0.2, 0) is 19.2 Å². The Labute approximate surface area is 271 Å². The standard InChI is InChI=1S/C35H28N2O11/c1-14-10-15(2-9-24(14)38)27-18-7-8-21-28(32(43)36(30(21)41)16-3-5-19(34(45)46)25(39)11-16)22(18)13-23-29(27)33(44)37(31(23)42)17-4-6-20(35(47)48)26(40)12-17/h2-7,9-12,21-23,27-29,38-40H,8,13H2,1H3,(H,45,46)(H,47,48). The van der Waals surface area contributed by atoms with Crippen LogP contribution in [-0.4, -0.2) is 61.1 Å². The van der Waals surface area contributed by atoms with E-state index < -0.39 is 93.7 Å². The molecule has 2 heterocycles. The number of phenols is 3. The highest BCUT2D eigenvalue weighted by Crippen LogP contribution is 2.58. The minimum Gasteiger partial charge on any atom is -0.508 e. The fraction of sp³-hybridized carbons (Fsp3) is 0.257. The highest BCUT2D eigenvalue weighted by Gasteiger charge is 2.62. The first-order valence-corrected chi connectivity index (χ1v) is 15.2.